The first-order valence-electron chi connectivity index (χ1n) is 6.18. The van der Waals surface area contributed by atoms with Gasteiger partial charge in [-0.15, -0.1) is 0 Å². The summed E-state index contributed by atoms with van der Waals surface area (Å²) in [7, 11) is 4.10. The van der Waals surface area contributed by atoms with Gasteiger partial charge >= 0.3 is 0 Å². The zero-order chi connectivity index (χ0) is 12.7. The van der Waals surface area contributed by atoms with Gasteiger partial charge in [0.2, 0.25) is 0 Å². The van der Waals surface area contributed by atoms with Gasteiger partial charge in [0.05, 0.1) is 0 Å². The molecule has 1 N–H and O–H groups in total. The number of ether oxygens (including phenoxy) is 1. The van der Waals surface area contributed by atoms with Crippen molar-refractivity contribution >= 4 is 0 Å². The molecule has 0 saturated heterocycles. The highest BCUT2D eigenvalue weighted by Crippen LogP contribution is 2.13. The number of likely N-dealkylation sites (N-methyl/N-ethyl adjacent to an activating group) is 1. The van der Waals surface area contributed by atoms with Crippen molar-refractivity contribution in [1.82, 2.24) is 10.2 Å². The second-order valence-electron chi connectivity index (χ2n) is 4.83. The normalized spacial score (nSPS) is 11.2. The van der Waals surface area contributed by atoms with Crippen LogP contribution in [0.25, 0.3) is 0 Å². The standard InChI is InChI=1S/C14H24N2O/c1-12(2)15-11-13-6-5-7-14(10-13)17-9-8-16(3)4/h5-7,10,12,15H,8-9,11H2,1-4H3. The SMILES string of the molecule is CC(C)NCc1cccc(OCCN(C)C)c1. The van der Waals surface area contributed by atoms with Gasteiger partial charge in [0.1, 0.15) is 12.4 Å². The van der Waals surface area contributed by atoms with Gasteiger partial charge in [-0.25, -0.2) is 0 Å². The fraction of sp³-hybridized carbons (Fsp3) is 0.571. The Morgan fingerprint density at radius 1 is 1.29 bits per heavy atom. The predicted octanol–water partition coefficient (Wildman–Crippen LogP) is 2.12. The van der Waals surface area contributed by atoms with Crippen LogP contribution in [-0.4, -0.2) is 38.2 Å². The summed E-state index contributed by atoms with van der Waals surface area (Å²) in [4.78, 5) is 2.12. The first-order valence-corrected chi connectivity index (χ1v) is 6.18. The smallest absolute Gasteiger partial charge is 0.119 e. The fourth-order valence-corrected chi connectivity index (χ4v) is 1.41. The molecule has 0 unspecified atom stereocenters. The molecule has 0 saturated carbocycles. The van der Waals surface area contributed by atoms with Crippen molar-refractivity contribution < 1.29 is 4.74 Å². The molecule has 0 heterocycles. The Hall–Kier alpha value is -1.06. The van der Waals surface area contributed by atoms with Crippen LogP contribution in [0.1, 0.15) is 19.4 Å². The highest BCUT2D eigenvalue weighted by molar-refractivity contribution is 5.28. The molecule has 0 amide bonds. The third-order valence-electron chi connectivity index (χ3n) is 2.42. The number of nitrogens with one attached hydrogen (secondary N) is 1. The van der Waals surface area contributed by atoms with Crippen molar-refractivity contribution in [3.8, 4) is 5.75 Å². The molecule has 0 spiro atoms. The van der Waals surface area contributed by atoms with Crippen LogP contribution in [0.15, 0.2) is 24.3 Å². The number of hydrogen-bond donors (Lipinski definition) is 1. The van der Waals surface area contributed by atoms with Crippen LogP contribution in [0.3, 0.4) is 0 Å². The number of rotatable bonds is 7. The molecule has 17 heavy (non-hydrogen) atoms. The molecule has 0 aliphatic rings. The van der Waals surface area contributed by atoms with Gasteiger partial charge in [-0.2, -0.15) is 0 Å². The predicted molar refractivity (Wildman–Crippen MR) is 72.5 cm³/mol. The molecule has 1 aromatic carbocycles. The van der Waals surface area contributed by atoms with Crippen LogP contribution in [0.4, 0.5) is 0 Å². The van der Waals surface area contributed by atoms with Gasteiger partial charge in [0.25, 0.3) is 0 Å². The van der Waals surface area contributed by atoms with Crippen molar-refractivity contribution in [3.63, 3.8) is 0 Å². The molecule has 0 aliphatic carbocycles. The summed E-state index contributed by atoms with van der Waals surface area (Å²) in [6.07, 6.45) is 0. The molecule has 0 radical (unpaired) electrons. The van der Waals surface area contributed by atoms with Crippen LogP contribution >= 0.6 is 0 Å². The molecule has 0 fully saturated rings. The Morgan fingerprint density at radius 2 is 2.06 bits per heavy atom. The van der Waals surface area contributed by atoms with E-state index in [0.29, 0.717) is 6.04 Å². The van der Waals surface area contributed by atoms with Crippen molar-refractivity contribution in [2.75, 3.05) is 27.2 Å². The second-order valence-corrected chi connectivity index (χ2v) is 4.83. The van der Waals surface area contributed by atoms with Gasteiger partial charge in [-0.3, -0.25) is 0 Å². The first-order chi connectivity index (χ1) is 8.08. The molecule has 0 aromatic heterocycles. The lowest BCUT2D eigenvalue weighted by Crippen LogP contribution is -2.22. The average molecular weight is 236 g/mol. The second kappa shape index (κ2) is 7.30. The Labute approximate surface area is 105 Å². The van der Waals surface area contributed by atoms with E-state index < -0.39 is 0 Å². The van der Waals surface area contributed by atoms with E-state index in [1.807, 2.05) is 26.2 Å². The van der Waals surface area contributed by atoms with Crippen molar-refractivity contribution in [2.45, 2.75) is 26.4 Å². The number of hydrogen-bond acceptors (Lipinski definition) is 3. The largest absolute Gasteiger partial charge is 0.492 e. The van der Waals surface area contributed by atoms with Gasteiger partial charge in [0, 0.05) is 19.1 Å². The molecule has 0 aliphatic heterocycles. The summed E-state index contributed by atoms with van der Waals surface area (Å²) in [5.41, 5.74) is 1.26. The van der Waals surface area contributed by atoms with E-state index in [4.69, 9.17) is 4.74 Å². The zero-order valence-corrected chi connectivity index (χ0v) is 11.4. The molecular formula is C14H24N2O. The van der Waals surface area contributed by atoms with E-state index in [-0.39, 0.29) is 0 Å². The lowest BCUT2D eigenvalue weighted by Gasteiger charge is -2.12. The van der Waals surface area contributed by atoms with Gasteiger partial charge in [-0.1, -0.05) is 26.0 Å². The highest BCUT2D eigenvalue weighted by Gasteiger charge is 1.99. The molecule has 1 aromatic rings. The number of benzene rings is 1. The molecule has 3 heteroatoms. The monoisotopic (exact) mass is 236 g/mol. The summed E-state index contributed by atoms with van der Waals surface area (Å²) in [5.74, 6) is 0.954. The van der Waals surface area contributed by atoms with Crippen molar-refractivity contribution in [3.05, 3.63) is 29.8 Å². The quantitative estimate of drug-likeness (QED) is 0.785. The molecule has 96 valence electrons. The molecule has 0 atom stereocenters. The summed E-state index contributed by atoms with van der Waals surface area (Å²) in [6, 6.07) is 8.78. The van der Waals surface area contributed by atoms with E-state index in [2.05, 4.69) is 36.2 Å². The summed E-state index contributed by atoms with van der Waals surface area (Å²) in [6.45, 7) is 6.86. The Bertz CT molecular complexity index is 324. The minimum Gasteiger partial charge on any atom is -0.492 e. The maximum atomic E-state index is 5.69. The molecule has 0 bridgehead atoms. The fourth-order valence-electron chi connectivity index (χ4n) is 1.41. The molecular weight excluding hydrogens is 212 g/mol. The summed E-state index contributed by atoms with van der Waals surface area (Å²) >= 11 is 0. The minimum atomic E-state index is 0.508. The third kappa shape index (κ3) is 6.29. The summed E-state index contributed by atoms with van der Waals surface area (Å²) < 4.78 is 5.69. The third-order valence-corrected chi connectivity index (χ3v) is 2.42. The van der Waals surface area contributed by atoms with Gasteiger partial charge < -0.3 is 15.0 Å². The van der Waals surface area contributed by atoms with Crippen LogP contribution in [0, 0.1) is 0 Å². The van der Waals surface area contributed by atoms with Crippen molar-refractivity contribution in [2.24, 2.45) is 0 Å². The van der Waals surface area contributed by atoms with E-state index >= 15 is 0 Å². The van der Waals surface area contributed by atoms with Crippen LogP contribution in [0.5, 0.6) is 5.75 Å². The van der Waals surface area contributed by atoms with E-state index in [1.54, 1.807) is 0 Å². The molecule has 3 nitrogen and oxygen atoms in total. The zero-order valence-electron chi connectivity index (χ0n) is 11.4. The summed E-state index contributed by atoms with van der Waals surface area (Å²) in [5, 5.41) is 3.40. The van der Waals surface area contributed by atoms with Crippen LogP contribution in [-0.2, 0) is 6.54 Å². The highest BCUT2D eigenvalue weighted by atomic mass is 16.5. The Kier molecular flexibility index (Phi) is 6.01. The van der Waals surface area contributed by atoms with Gasteiger partial charge in [-0.05, 0) is 31.8 Å². The number of nitrogens with zero attached hydrogens (tertiary/aromatic N) is 1. The lowest BCUT2D eigenvalue weighted by atomic mass is 10.2. The first kappa shape index (κ1) is 14.0. The van der Waals surface area contributed by atoms with E-state index in [9.17, 15) is 0 Å². The van der Waals surface area contributed by atoms with E-state index in [0.717, 1.165) is 25.4 Å². The van der Waals surface area contributed by atoms with Crippen molar-refractivity contribution in [1.29, 1.82) is 0 Å². The maximum Gasteiger partial charge on any atom is 0.119 e. The Morgan fingerprint density at radius 3 is 2.71 bits per heavy atom. The minimum absolute atomic E-state index is 0.508. The van der Waals surface area contributed by atoms with Crippen LogP contribution in [0.2, 0.25) is 0 Å². The van der Waals surface area contributed by atoms with E-state index in [1.165, 1.54) is 5.56 Å². The topological polar surface area (TPSA) is 24.5 Å². The van der Waals surface area contributed by atoms with Crippen LogP contribution < -0.4 is 10.1 Å². The maximum absolute atomic E-state index is 5.69. The average Bonchev–Trinajstić information content (AvgIpc) is 2.26. The Balaban J connectivity index is 2.42. The lowest BCUT2D eigenvalue weighted by molar-refractivity contribution is 0.261. The molecule has 1 rings (SSSR count). The van der Waals surface area contributed by atoms with Gasteiger partial charge in [0.15, 0.2) is 0 Å².